The maximum Gasteiger partial charge on any atom is 0.191 e. The summed E-state index contributed by atoms with van der Waals surface area (Å²) >= 11 is 1.71. The summed E-state index contributed by atoms with van der Waals surface area (Å²) in [4.78, 5) is 8.87. The minimum atomic E-state index is 0.113. The smallest absolute Gasteiger partial charge is 0.191 e. The van der Waals surface area contributed by atoms with E-state index in [1.54, 1.807) is 18.4 Å². The molecule has 0 aliphatic carbocycles. The molecule has 0 atom stereocenters. The molecule has 5 nitrogen and oxygen atoms in total. The first-order valence-corrected chi connectivity index (χ1v) is 8.32. The van der Waals surface area contributed by atoms with Gasteiger partial charge < -0.3 is 15.4 Å². The number of hydrogen-bond donors (Lipinski definition) is 2. The monoisotopic (exact) mass is 312 g/mol. The second-order valence-electron chi connectivity index (χ2n) is 5.80. The highest BCUT2D eigenvalue weighted by molar-refractivity contribution is 7.09. The van der Waals surface area contributed by atoms with Crippen LogP contribution in [0.5, 0.6) is 0 Å². The summed E-state index contributed by atoms with van der Waals surface area (Å²) in [5.74, 6) is 0.803. The zero-order valence-electron chi connectivity index (χ0n) is 13.8. The van der Waals surface area contributed by atoms with Crippen LogP contribution in [-0.4, -0.2) is 37.7 Å². The van der Waals surface area contributed by atoms with Gasteiger partial charge in [0.25, 0.3) is 0 Å². The lowest BCUT2D eigenvalue weighted by Crippen LogP contribution is -2.37. The van der Waals surface area contributed by atoms with Gasteiger partial charge in [0, 0.05) is 37.6 Å². The second-order valence-corrected chi connectivity index (χ2v) is 6.66. The number of guanidine groups is 1. The highest BCUT2D eigenvalue weighted by atomic mass is 32.1. The third kappa shape index (κ3) is 6.91. The fourth-order valence-electron chi connectivity index (χ4n) is 1.65. The maximum absolute atomic E-state index is 5.30. The zero-order chi connectivity index (χ0) is 15.7. The highest BCUT2D eigenvalue weighted by Crippen LogP contribution is 2.25. The molecule has 1 aromatic rings. The second kappa shape index (κ2) is 9.00. The van der Waals surface area contributed by atoms with Crippen molar-refractivity contribution in [1.82, 2.24) is 15.6 Å². The molecule has 0 unspecified atom stereocenters. The summed E-state index contributed by atoms with van der Waals surface area (Å²) in [6.45, 7) is 11.6. The standard InChI is InChI=1S/C15H28N4OS/c1-6-20-9-7-8-17-14(16-5)18-10-12-11-21-13(19-12)15(2,3)4/h11H,6-10H2,1-5H3,(H2,16,17,18). The Morgan fingerprint density at radius 3 is 2.71 bits per heavy atom. The first-order valence-electron chi connectivity index (χ1n) is 7.44. The number of hydrogen-bond acceptors (Lipinski definition) is 4. The predicted molar refractivity (Wildman–Crippen MR) is 90.1 cm³/mol. The van der Waals surface area contributed by atoms with Crippen molar-refractivity contribution in [2.24, 2.45) is 4.99 Å². The molecule has 0 amide bonds. The number of aromatic nitrogens is 1. The molecule has 120 valence electrons. The molecular formula is C15H28N4OS. The fraction of sp³-hybridized carbons (Fsp3) is 0.733. The molecule has 0 saturated carbocycles. The van der Waals surface area contributed by atoms with Gasteiger partial charge in [-0.25, -0.2) is 4.98 Å². The number of ether oxygens (including phenoxy) is 1. The fourth-order valence-corrected chi connectivity index (χ4v) is 2.56. The Hall–Kier alpha value is -1.14. The van der Waals surface area contributed by atoms with E-state index in [1.807, 2.05) is 6.92 Å². The normalized spacial score (nSPS) is 12.5. The van der Waals surface area contributed by atoms with E-state index in [0.29, 0.717) is 6.54 Å². The van der Waals surface area contributed by atoms with Gasteiger partial charge in [-0.05, 0) is 13.3 Å². The molecule has 0 aromatic carbocycles. The molecule has 6 heteroatoms. The van der Waals surface area contributed by atoms with Gasteiger partial charge in [0.15, 0.2) is 5.96 Å². The molecule has 0 bridgehead atoms. The van der Waals surface area contributed by atoms with E-state index in [9.17, 15) is 0 Å². The molecule has 2 N–H and O–H groups in total. The van der Waals surface area contributed by atoms with Gasteiger partial charge in [0.1, 0.15) is 0 Å². The van der Waals surface area contributed by atoms with Crippen molar-refractivity contribution in [3.63, 3.8) is 0 Å². The highest BCUT2D eigenvalue weighted by Gasteiger charge is 2.17. The van der Waals surface area contributed by atoms with Crippen molar-refractivity contribution >= 4 is 17.3 Å². The lowest BCUT2D eigenvalue weighted by Gasteiger charge is -2.14. The van der Waals surface area contributed by atoms with E-state index < -0.39 is 0 Å². The largest absolute Gasteiger partial charge is 0.382 e. The number of rotatable bonds is 7. The van der Waals surface area contributed by atoms with E-state index in [1.165, 1.54) is 5.01 Å². The first kappa shape index (κ1) is 17.9. The summed E-state index contributed by atoms with van der Waals surface area (Å²) in [6, 6.07) is 0. The van der Waals surface area contributed by atoms with Crippen molar-refractivity contribution in [3.05, 3.63) is 16.1 Å². The molecule has 0 fully saturated rings. The van der Waals surface area contributed by atoms with Crippen LogP contribution in [0.4, 0.5) is 0 Å². The van der Waals surface area contributed by atoms with Crippen LogP contribution >= 0.6 is 11.3 Å². The Labute approximate surface area is 132 Å². The molecule has 0 aliphatic rings. The maximum atomic E-state index is 5.30. The van der Waals surface area contributed by atoms with Crippen LogP contribution in [-0.2, 0) is 16.7 Å². The van der Waals surface area contributed by atoms with E-state index >= 15 is 0 Å². The van der Waals surface area contributed by atoms with E-state index in [4.69, 9.17) is 4.74 Å². The van der Waals surface area contributed by atoms with Crippen LogP contribution in [0.25, 0.3) is 0 Å². The summed E-state index contributed by atoms with van der Waals surface area (Å²) in [7, 11) is 1.78. The van der Waals surface area contributed by atoms with Gasteiger partial charge in [-0.2, -0.15) is 0 Å². The van der Waals surface area contributed by atoms with Gasteiger partial charge in [0.2, 0.25) is 0 Å². The van der Waals surface area contributed by atoms with E-state index in [2.05, 4.69) is 46.8 Å². The van der Waals surface area contributed by atoms with Gasteiger partial charge in [-0.3, -0.25) is 4.99 Å². The molecular weight excluding hydrogens is 284 g/mol. The van der Waals surface area contributed by atoms with Gasteiger partial charge >= 0.3 is 0 Å². The SMILES string of the molecule is CCOCCCNC(=NC)NCc1csc(C(C)(C)C)n1. The summed E-state index contributed by atoms with van der Waals surface area (Å²) in [5.41, 5.74) is 1.17. The molecule has 0 spiro atoms. The summed E-state index contributed by atoms with van der Waals surface area (Å²) < 4.78 is 5.30. The van der Waals surface area contributed by atoms with Crippen LogP contribution in [0.3, 0.4) is 0 Å². The van der Waals surface area contributed by atoms with Crippen molar-refractivity contribution in [2.75, 3.05) is 26.8 Å². The number of nitrogens with zero attached hydrogens (tertiary/aromatic N) is 2. The third-order valence-electron chi connectivity index (χ3n) is 2.82. The predicted octanol–water partition coefficient (Wildman–Crippen LogP) is 2.53. The zero-order valence-corrected chi connectivity index (χ0v) is 14.6. The first-order chi connectivity index (χ1) is 9.97. The summed E-state index contributed by atoms with van der Waals surface area (Å²) in [5, 5.41) is 9.83. The Morgan fingerprint density at radius 2 is 2.14 bits per heavy atom. The Kier molecular flexibility index (Phi) is 7.67. The van der Waals surface area contributed by atoms with Gasteiger partial charge in [0.05, 0.1) is 17.2 Å². The average Bonchev–Trinajstić information content (AvgIpc) is 2.91. The number of aliphatic imine (C=N–C) groups is 1. The number of nitrogens with one attached hydrogen (secondary N) is 2. The lowest BCUT2D eigenvalue weighted by molar-refractivity contribution is 0.145. The average molecular weight is 312 g/mol. The molecule has 0 aliphatic heterocycles. The van der Waals surface area contributed by atoms with Crippen LogP contribution in [0, 0.1) is 0 Å². The van der Waals surface area contributed by atoms with Crippen LogP contribution < -0.4 is 10.6 Å². The molecule has 1 rings (SSSR count). The van der Waals surface area contributed by atoms with Crippen molar-refractivity contribution in [1.29, 1.82) is 0 Å². The van der Waals surface area contributed by atoms with Crippen molar-refractivity contribution < 1.29 is 4.74 Å². The van der Waals surface area contributed by atoms with Gasteiger partial charge in [-0.15, -0.1) is 11.3 Å². The van der Waals surface area contributed by atoms with Crippen molar-refractivity contribution in [2.45, 2.75) is 46.1 Å². The van der Waals surface area contributed by atoms with Crippen LogP contribution in [0.15, 0.2) is 10.4 Å². The Morgan fingerprint density at radius 1 is 1.38 bits per heavy atom. The molecule has 1 heterocycles. The van der Waals surface area contributed by atoms with Crippen molar-refractivity contribution in [3.8, 4) is 0 Å². The summed E-state index contributed by atoms with van der Waals surface area (Å²) in [6.07, 6.45) is 0.972. The topological polar surface area (TPSA) is 58.5 Å². The Bertz CT molecular complexity index is 437. The molecule has 1 aromatic heterocycles. The van der Waals surface area contributed by atoms with E-state index in [0.717, 1.165) is 37.8 Å². The number of thiazole rings is 1. The van der Waals surface area contributed by atoms with Crippen LogP contribution in [0.1, 0.15) is 44.8 Å². The van der Waals surface area contributed by atoms with E-state index in [-0.39, 0.29) is 5.41 Å². The van der Waals surface area contributed by atoms with Crippen LogP contribution in [0.2, 0.25) is 0 Å². The lowest BCUT2D eigenvalue weighted by atomic mass is 9.98. The minimum absolute atomic E-state index is 0.113. The quantitative estimate of drug-likeness (QED) is 0.461. The molecule has 0 radical (unpaired) electrons. The third-order valence-corrected chi connectivity index (χ3v) is 4.13. The van der Waals surface area contributed by atoms with Gasteiger partial charge in [-0.1, -0.05) is 20.8 Å². The Balaban J connectivity index is 2.33. The molecule has 0 saturated heterocycles. The minimum Gasteiger partial charge on any atom is -0.382 e. The molecule has 21 heavy (non-hydrogen) atoms.